The van der Waals surface area contributed by atoms with Crippen LogP contribution in [0, 0.1) is 5.82 Å². The van der Waals surface area contributed by atoms with Crippen LogP contribution >= 0.6 is 23.2 Å². The molecule has 0 aliphatic heterocycles. The SMILES string of the molecule is O=Cc1cnc(-c2ccc(Cl)c(Cl)c2)c(F)c1. The minimum absolute atomic E-state index is 0.133. The van der Waals surface area contributed by atoms with Crippen molar-refractivity contribution in [3.8, 4) is 11.3 Å². The molecule has 2 rings (SSSR count). The molecule has 0 saturated heterocycles. The van der Waals surface area contributed by atoms with Crippen molar-refractivity contribution in [2.24, 2.45) is 0 Å². The largest absolute Gasteiger partial charge is 0.298 e. The van der Waals surface area contributed by atoms with Crippen molar-refractivity contribution in [3.63, 3.8) is 0 Å². The van der Waals surface area contributed by atoms with Gasteiger partial charge in [-0.2, -0.15) is 0 Å². The minimum atomic E-state index is -0.576. The summed E-state index contributed by atoms with van der Waals surface area (Å²) in [5.74, 6) is -0.576. The van der Waals surface area contributed by atoms with E-state index in [1.165, 1.54) is 12.3 Å². The normalized spacial score (nSPS) is 10.3. The van der Waals surface area contributed by atoms with E-state index in [1.807, 2.05) is 0 Å². The Morgan fingerprint density at radius 3 is 2.53 bits per heavy atom. The highest BCUT2D eigenvalue weighted by molar-refractivity contribution is 6.42. The van der Waals surface area contributed by atoms with Crippen LogP contribution in [0.2, 0.25) is 10.0 Å². The molecule has 0 aliphatic rings. The molecular formula is C12H6Cl2FNO. The first kappa shape index (κ1) is 12.0. The fourth-order valence-electron chi connectivity index (χ4n) is 1.37. The summed E-state index contributed by atoms with van der Waals surface area (Å²) in [6, 6.07) is 5.82. The van der Waals surface area contributed by atoms with Gasteiger partial charge in [-0.25, -0.2) is 4.39 Å². The third-order valence-electron chi connectivity index (χ3n) is 2.19. The van der Waals surface area contributed by atoms with Gasteiger partial charge in [0.05, 0.1) is 10.0 Å². The molecule has 0 amide bonds. The zero-order chi connectivity index (χ0) is 12.4. The maximum absolute atomic E-state index is 13.7. The zero-order valence-corrected chi connectivity index (χ0v) is 9.97. The summed E-state index contributed by atoms with van der Waals surface area (Å²) in [6.07, 6.45) is 1.84. The van der Waals surface area contributed by atoms with E-state index in [2.05, 4.69) is 4.98 Å². The van der Waals surface area contributed by atoms with Crippen LogP contribution in [0.4, 0.5) is 4.39 Å². The fraction of sp³-hybridized carbons (Fsp3) is 0. The molecule has 1 heterocycles. The first-order valence-corrected chi connectivity index (χ1v) is 5.43. The number of pyridine rings is 1. The van der Waals surface area contributed by atoms with Gasteiger partial charge in [-0.3, -0.25) is 9.78 Å². The Morgan fingerprint density at radius 2 is 1.94 bits per heavy atom. The number of rotatable bonds is 2. The highest BCUT2D eigenvalue weighted by atomic mass is 35.5. The quantitative estimate of drug-likeness (QED) is 0.772. The number of hydrogen-bond donors (Lipinski definition) is 0. The predicted molar refractivity (Wildman–Crippen MR) is 65.0 cm³/mol. The van der Waals surface area contributed by atoms with Crippen molar-refractivity contribution in [1.82, 2.24) is 4.98 Å². The van der Waals surface area contributed by atoms with Crippen LogP contribution in [-0.2, 0) is 0 Å². The van der Waals surface area contributed by atoms with Crippen LogP contribution in [-0.4, -0.2) is 11.3 Å². The smallest absolute Gasteiger partial charge is 0.151 e. The third kappa shape index (κ3) is 2.46. The van der Waals surface area contributed by atoms with Gasteiger partial charge >= 0.3 is 0 Å². The molecule has 0 unspecified atom stereocenters. The fourth-order valence-corrected chi connectivity index (χ4v) is 1.67. The molecule has 0 N–H and O–H groups in total. The van der Waals surface area contributed by atoms with Crippen molar-refractivity contribution in [3.05, 3.63) is 51.9 Å². The summed E-state index contributed by atoms with van der Waals surface area (Å²) < 4.78 is 13.7. The molecule has 0 fully saturated rings. The van der Waals surface area contributed by atoms with Crippen LogP contribution in [0.5, 0.6) is 0 Å². The molecule has 0 bridgehead atoms. The highest BCUT2D eigenvalue weighted by Crippen LogP contribution is 2.28. The molecular weight excluding hydrogens is 264 g/mol. The Labute approximate surface area is 107 Å². The maximum Gasteiger partial charge on any atom is 0.151 e. The Hall–Kier alpha value is -1.45. The number of aromatic nitrogens is 1. The summed E-state index contributed by atoms with van der Waals surface area (Å²) in [4.78, 5) is 14.3. The number of benzene rings is 1. The maximum atomic E-state index is 13.7. The Kier molecular flexibility index (Phi) is 3.41. The summed E-state index contributed by atoms with van der Waals surface area (Å²) in [5, 5.41) is 0.713. The van der Waals surface area contributed by atoms with Crippen LogP contribution < -0.4 is 0 Å². The Balaban J connectivity index is 2.52. The molecule has 0 atom stereocenters. The molecule has 1 aromatic carbocycles. The average Bonchev–Trinajstić information content (AvgIpc) is 2.32. The van der Waals surface area contributed by atoms with E-state index in [4.69, 9.17) is 23.2 Å². The second kappa shape index (κ2) is 4.82. The van der Waals surface area contributed by atoms with E-state index in [9.17, 15) is 9.18 Å². The minimum Gasteiger partial charge on any atom is -0.298 e. The second-order valence-corrected chi connectivity index (χ2v) is 4.16. The van der Waals surface area contributed by atoms with Crippen LogP contribution in [0.15, 0.2) is 30.5 Å². The van der Waals surface area contributed by atoms with Crippen LogP contribution in [0.1, 0.15) is 10.4 Å². The van der Waals surface area contributed by atoms with Gasteiger partial charge < -0.3 is 0 Å². The summed E-state index contributed by atoms with van der Waals surface area (Å²) in [5.41, 5.74) is 0.829. The number of halogens is 3. The summed E-state index contributed by atoms with van der Waals surface area (Å²) in [7, 11) is 0. The van der Waals surface area contributed by atoms with Crippen LogP contribution in [0.25, 0.3) is 11.3 Å². The van der Waals surface area contributed by atoms with E-state index in [0.29, 0.717) is 21.9 Å². The van der Waals surface area contributed by atoms with Gasteiger partial charge in [0.2, 0.25) is 0 Å². The lowest BCUT2D eigenvalue weighted by molar-refractivity contribution is 0.112. The van der Waals surface area contributed by atoms with Gasteiger partial charge in [0.25, 0.3) is 0 Å². The molecule has 86 valence electrons. The second-order valence-electron chi connectivity index (χ2n) is 3.35. The van der Waals surface area contributed by atoms with Gasteiger partial charge in [0.15, 0.2) is 6.29 Å². The number of nitrogens with zero attached hydrogens (tertiary/aromatic N) is 1. The summed E-state index contributed by atoms with van der Waals surface area (Å²) in [6.45, 7) is 0. The highest BCUT2D eigenvalue weighted by Gasteiger charge is 2.09. The van der Waals surface area contributed by atoms with Gasteiger partial charge in [-0.05, 0) is 18.2 Å². The molecule has 5 heteroatoms. The van der Waals surface area contributed by atoms with E-state index in [1.54, 1.807) is 12.1 Å². The monoisotopic (exact) mass is 269 g/mol. The van der Waals surface area contributed by atoms with Gasteiger partial charge in [0.1, 0.15) is 11.5 Å². The van der Waals surface area contributed by atoms with Crippen molar-refractivity contribution in [1.29, 1.82) is 0 Å². The zero-order valence-electron chi connectivity index (χ0n) is 8.45. The lowest BCUT2D eigenvalue weighted by Gasteiger charge is -2.04. The number of carbonyl (C=O) groups is 1. The van der Waals surface area contributed by atoms with Crippen molar-refractivity contribution in [2.75, 3.05) is 0 Å². The molecule has 0 aliphatic carbocycles. The molecule has 17 heavy (non-hydrogen) atoms. The van der Waals surface area contributed by atoms with E-state index in [0.717, 1.165) is 6.07 Å². The lowest BCUT2D eigenvalue weighted by atomic mass is 10.1. The van der Waals surface area contributed by atoms with Crippen LogP contribution in [0.3, 0.4) is 0 Å². The molecule has 0 radical (unpaired) electrons. The molecule has 0 saturated carbocycles. The number of aldehydes is 1. The van der Waals surface area contributed by atoms with E-state index in [-0.39, 0.29) is 11.3 Å². The van der Waals surface area contributed by atoms with Gasteiger partial charge in [-0.1, -0.05) is 29.3 Å². The first-order chi connectivity index (χ1) is 8.11. The van der Waals surface area contributed by atoms with E-state index >= 15 is 0 Å². The van der Waals surface area contributed by atoms with E-state index < -0.39 is 5.82 Å². The predicted octanol–water partition coefficient (Wildman–Crippen LogP) is 4.01. The van der Waals surface area contributed by atoms with Crippen molar-refractivity contribution >= 4 is 29.5 Å². The average molecular weight is 270 g/mol. The first-order valence-electron chi connectivity index (χ1n) is 4.68. The Morgan fingerprint density at radius 1 is 1.18 bits per heavy atom. The topological polar surface area (TPSA) is 30.0 Å². The van der Waals surface area contributed by atoms with Crippen molar-refractivity contribution < 1.29 is 9.18 Å². The molecule has 2 nitrogen and oxygen atoms in total. The third-order valence-corrected chi connectivity index (χ3v) is 2.93. The summed E-state index contributed by atoms with van der Waals surface area (Å²) >= 11 is 11.6. The number of hydrogen-bond acceptors (Lipinski definition) is 2. The number of carbonyl (C=O) groups excluding carboxylic acids is 1. The van der Waals surface area contributed by atoms with Gasteiger partial charge in [0, 0.05) is 17.3 Å². The van der Waals surface area contributed by atoms with Gasteiger partial charge in [-0.15, -0.1) is 0 Å². The molecule has 0 spiro atoms. The lowest BCUT2D eigenvalue weighted by Crippen LogP contribution is -1.92. The Bertz CT molecular complexity index is 587. The molecule has 1 aromatic heterocycles. The standard InChI is InChI=1S/C12H6Cl2FNO/c13-9-2-1-8(4-10(9)14)12-11(15)3-7(6-17)5-16-12/h1-6H. The molecule has 2 aromatic rings. The van der Waals surface area contributed by atoms with Crippen molar-refractivity contribution in [2.45, 2.75) is 0 Å².